The molecule has 0 bridgehead atoms. The highest BCUT2D eigenvalue weighted by atomic mass is 35.5. The van der Waals surface area contributed by atoms with Gasteiger partial charge in [-0.3, -0.25) is 4.79 Å². The molecule has 2 atom stereocenters. The first kappa shape index (κ1) is 9.96. The summed E-state index contributed by atoms with van der Waals surface area (Å²) >= 11 is 5.98. The molecule has 0 heterocycles. The molecular weight excluding hydrogens is 180 g/mol. The fourth-order valence-electron chi connectivity index (χ4n) is 1.50. The maximum atomic E-state index is 11.4. The van der Waals surface area contributed by atoms with Crippen molar-refractivity contribution in [3.8, 4) is 0 Å². The Balaban J connectivity index is 2.79. The largest absolute Gasteiger partial charge is 0.377 e. The maximum absolute atomic E-state index is 11.4. The predicted octanol–water partition coefficient (Wildman–Crippen LogP) is 1.34. The van der Waals surface area contributed by atoms with Crippen molar-refractivity contribution in [3.05, 3.63) is 0 Å². The summed E-state index contributed by atoms with van der Waals surface area (Å²) in [6.07, 6.45) is 1.77. The number of rotatable bonds is 2. The Morgan fingerprint density at radius 3 is 2.67 bits per heavy atom. The fraction of sp³-hybridized carbons (Fsp3) is 0.875. The SMILES string of the molecule is COC1CCCC(=O)C1(Cl)OC. The van der Waals surface area contributed by atoms with Gasteiger partial charge in [0.05, 0.1) is 0 Å². The van der Waals surface area contributed by atoms with E-state index in [1.807, 2.05) is 0 Å². The zero-order valence-corrected chi connectivity index (χ0v) is 8.06. The number of hydrogen-bond acceptors (Lipinski definition) is 3. The average Bonchev–Trinajstić information content (AvgIpc) is 2.10. The number of methoxy groups -OCH3 is 2. The lowest BCUT2D eigenvalue weighted by atomic mass is 9.92. The van der Waals surface area contributed by atoms with E-state index in [0.717, 1.165) is 12.8 Å². The van der Waals surface area contributed by atoms with Crippen LogP contribution in [-0.4, -0.2) is 31.2 Å². The highest BCUT2D eigenvalue weighted by Gasteiger charge is 2.46. The van der Waals surface area contributed by atoms with Gasteiger partial charge in [0.15, 0.2) is 5.78 Å². The lowest BCUT2D eigenvalue weighted by Crippen LogP contribution is -2.49. The summed E-state index contributed by atoms with van der Waals surface area (Å²) in [7, 11) is 2.97. The topological polar surface area (TPSA) is 35.5 Å². The Bertz CT molecular complexity index is 183. The van der Waals surface area contributed by atoms with Crippen LogP contribution in [0, 0.1) is 0 Å². The van der Waals surface area contributed by atoms with E-state index in [1.54, 1.807) is 7.11 Å². The van der Waals surface area contributed by atoms with E-state index in [4.69, 9.17) is 21.1 Å². The van der Waals surface area contributed by atoms with E-state index in [0.29, 0.717) is 6.42 Å². The van der Waals surface area contributed by atoms with Crippen LogP contribution in [0.15, 0.2) is 0 Å². The Morgan fingerprint density at radius 2 is 2.25 bits per heavy atom. The Morgan fingerprint density at radius 1 is 1.58 bits per heavy atom. The monoisotopic (exact) mass is 192 g/mol. The Labute approximate surface area is 77.0 Å². The molecule has 0 aromatic carbocycles. The lowest BCUT2D eigenvalue weighted by Gasteiger charge is -2.35. The molecule has 0 aliphatic heterocycles. The molecule has 2 unspecified atom stereocenters. The van der Waals surface area contributed by atoms with Crippen LogP contribution in [0.2, 0.25) is 0 Å². The molecule has 0 aromatic heterocycles. The van der Waals surface area contributed by atoms with Gasteiger partial charge >= 0.3 is 0 Å². The molecule has 1 aliphatic carbocycles. The third-order valence-electron chi connectivity index (χ3n) is 2.25. The van der Waals surface area contributed by atoms with Crippen molar-refractivity contribution in [2.45, 2.75) is 30.4 Å². The minimum Gasteiger partial charge on any atom is -0.377 e. The summed E-state index contributed by atoms with van der Waals surface area (Å²) in [5.74, 6) is -0.0789. The predicted molar refractivity (Wildman–Crippen MR) is 45.2 cm³/mol. The van der Waals surface area contributed by atoms with Gasteiger partial charge in [0.1, 0.15) is 6.10 Å². The van der Waals surface area contributed by atoms with Gasteiger partial charge < -0.3 is 9.47 Å². The molecule has 12 heavy (non-hydrogen) atoms. The first-order valence-electron chi connectivity index (χ1n) is 3.95. The summed E-state index contributed by atoms with van der Waals surface area (Å²) in [6, 6.07) is 0. The minimum atomic E-state index is -1.24. The van der Waals surface area contributed by atoms with Crippen LogP contribution in [0.1, 0.15) is 19.3 Å². The molecule has 0 radical (unpaired) electrons. The zero-order valence-electron chi connectivity index (χ0n) is 7.30. The second-order valence-corrected chi connectivity index (χ2v) is 3.45. The van der Waals surface area contributed by atoms with Crippen LogP contribution >= 0.6 is 11.6 Å². The molecule has 0 N–H and O–H groups in total. The van der Waals surface area contributed by atoms with E-state index in [1.165, 1.54) is 7.11 Å². The fourth-order valence-corrected chi connectivity index (χ4v) is 1.79. The van der Waals surface area contributed by atoms with Gasteiger partial charge in [0.2, 0.25) is 5.06 Å². The molecule has 0 saturated heterocycles. The molecule has 1 aliphatic rings. The third kappa shape index (κ3) is 1.49. The number of ketones is 1. The van der Waals surface area contributed by atoms with Crippen LogP contribution in [0.3, 0.4) is 0 Å². The second-order valence-electron chi connectivity index (χ2n) is 2.89. The summed E-state index contributed by atoms with van der Waals surface area (Å²) in [4.78, 5) is 11.4. The number of Topliss-reactive ketones (excluding diaryl/α,β-unsaturated/α-hetero) is 1. The number of ether oxygens (including phenoxy) is 2. The van der Waals surface area contributed by atoms with Crippen molar-refractivity contribution in [2.24, 2.45) is 0 Å². The van der Waals surface area contributed by atoms with Gasteiger partial charge in [0.25, 0.3) is 0 Å². The highest BCUT2D eigenvalue weighted by molar-refractivity contribution is 6.34. The maximum Gasteiger partial charge on any atom is 0.226 e. The molecule has 4 heteroatoms. The van der Waals surface area contributed by atoms with Crippen LogP contribution in [0.4, 0.5) is 0 Å². The van der Waals surface area contributed by atoms with Gasteiger partial charge in [-0.2, -0.15) is 0 Å². The number of hydrogen-bond donors (Lipinski definition) is 0. The van der Waals surface area contributed by atoms with Crippen molar-refractivity contribution in [1.29, 1.82) is 0 Å². The van der Waals surface area contributed by atoms with E-state index in [2.05, 4.69) is 0 Å². The number of halogens is 1. The minimum absolute atomic E-state index is 0.0789. The van der Waals surface area contributed by atoms with E-state index >= 15 is 0 Å². The third-order valence-corrected chi connectivity index (χ3v) is 2.85. The van der Waals surface area contributed by atoms with Gasteiger partial charge in [-0.05, 0) is 12.8 Å². The van der Waals surface area contributed by atoms with Gasteiger partial charge in [0, 0.05) is 20.6 Å². The molecule has 70 valence electrons. The standard InChI is InChI=1S/C8H13ClO3/c1-11-7-5-3-4-6(10)8(7,9)12-2/h7H,3-5H2,1-2H3. The molecule has 1 saturated carbocycles. The van der Waals surface area contributed by atoms with Crippen LogP contribution in [0.25, 0.3) is 0 Å². The van der Waals surface area contributed by atoms with Crippen molar-refractivity contribution >= 4 is 17.4 Å². The quantitative estimate of drug-likeness (QED) is 0.620. The van der Waals surface area contributed by atoms with Gasteiger partial charge in [-0.25, -0.2) is 0 Å². The average molecular weight is 193 g/mol. The summed E-state index contributed by atoms with van der Waals surface area (Å²) in [6.45, 7) is 0. The number of alkyl halides is 1. The van der Waals surface area contributed by atoms with E-state index in [9.17, 15) is 4.79 Å². The van der Waals surface area contributed by atoms with Crippen molar-refractivity contribution in [2.75, 3.05) is 14.2 Å². The second kappa shape index (κ2) is 3.73. The number of carbonyl (C=O) groups excluding carboxylic acids is 1. The van der Waals surface area contributed by atoms with Crippen LogP contribution in [-0.2, 0) is 14.3 Å². The first-order valence-corrected chi connectivity index (χ1v) is 4.33. The van der Waals surface area contributed by atoms with Crippen molar-refractivity contribution < 1.29 is 14.3 Å². The number of carbonyl (C=O) groups is 1. The van der Waals surface area contributed by atoms with Crippen molar-refractivity contribution in [1.82, 2.24) is 0 Å². The Kier molecular flexibility index (Phi) is 3.09. The Hall–Kier alpha value is -0.120. The van der Waals surface area contributed by atoms with Crippen LogP contribution < -0.4 is 0 Å². The molecule has 3 nitrogen and oxygen atoms in total. The summed E-state index contributed by atoms with van der Waals surface area (Å²) < 4.78 is 10.1. The molecular formula is C8H13ClO3. The smallest absolute Gasteiger partial charge is 0.226 e. The molecule has 1 fully saturated rings. The van der Waals surface area contributed by atoms with E-state index < -0.39 is 5.06 Å². The zero-order chi connectivity index (χ0) is 9.19. The van der Waals surface area contributed by atoms with Gasteiger partial charge in [-0.15, -0.1) is 0 Å². The first-order chi connectivity index (χ1) is 5.65. The van der Waals surface area contributed by atoms with Crippen molar-refractivity contribution in [3.63, 3.8) is 0 Å². The molecule has 1 rings (SSSR count). The van der Waals surface area contributed by atoms with Crippen LogP contribution in [0.5, 0.6) is 0 Å². The normalized spacial score (nSPS) is 36.9. The lowest BCUT2D eigenvalue weighted by molar-refractivity contribution is -0.149. The molecule has 0 spiro atoms. The summed E-state index contributed by atoms with van der Waals surface area (Å²) in [5, 5.41) is -1.24. The molecule has 0 amide bonds. The van der Waals surface area contributed by atoms with Gasteiger partial charge in [-0.1, -0.05) is 11.6 Å². The molecule has 0 aromatic rings. The highest BCUT2D eigenvalue weighted by Crippen LogP contribution is 2.33. The van der Waals surface area contributed by atoms with E-state index in [-0.39, 0.29) is 11.9 Å². The summed E-state index contributed by atoms with van der Waals surface area (Å²) in [5.41, 5.74) is 0.